The summed E-state index contributed by atoms with van der Waals surface area (Å²) in [5, 5.41) is 12.2. The molecule has 2 N–H and O–H groups in total. The van der Waals surface area contributed by atoms with Gasteiger partial charge in [0.15, 0.2) is 0 Å². The number of pyridine rings is 1. The van der Waals surface area contributed by atoms with Crippen molar-refractivity contribution in [2.45, 2.75) is 13.3 Å². The summed E-state index contributed by atoms with van der Waals surface area (Å²) in [6.07, 6.45) is 2.32. The lowest BCUT2D eigenvalue weighted by molar-refractivity contribution is 0.0721. The lowest BCUT2D eigenvalue weighted by atomic mass is 10.2. The summed E-state index contributed by atoms with van der Waals surface area (Å²) in [5.74, 6) is 0.375. The molecule has 0 bridgehead atoms. The van der Waals surface area contributed by atoms with Crippen LogP contribution in [0.1, 0.15) is 23.7 Å². The number of halogens is 1. The highest BCUT2D eigenvalue weighted by atomic mass is 35.5. The molecule has 0 unspecified atom stereocenters. The number of nitrogens with zero attached hydrogens (tertiary/aromatic N) is 2. The van der Waals surface area contributed by atoms with Crippen LogP contribution in [0.25, 0.3) is 0 Å². The van der Waals surface area contributed by atoms with Crippen molar-refractivity contribution in [3.63, 3.8) is 0 Å². The van der Waals surface area contributed by atoms with Crippen molar-refractivity contribution in [3.8, 4) is 0 Å². The van der Waals surface area contributed by atoms with E-state index in [4.69, 9.17) is 16.7 Å². The van der Waals surface area contributed by atoms with E-state index in [-0.39, 0.29) is 12.5 Å². The molecule has 0 saturated carbocycles. The number of hydrogen-bond acceptors (Lipinski definition) is 4. The molecule has 0 radical (unpaired) electrons. The Morgan fingerprint density at radius 2 is 2.28 bits per heavy atom. The van der Waals surface area contributed by atoms with Crippen LogP contribution in [0.3, 0.4) is 0 Å². The summed E-state index contributed by atoms with van der Waals surface area (Å²) in [5.41, 5.74) is 0.431. The van der Waals surface area contributed by atoms with Crippen LogP contribution in [-0.2, 0) is 0 Å². The van der Waals surface area contributed by atoms with Crippen LogP contribution >= 0.6 is 11.6 Å². The van der Waals surface area contributed by atoms with E-state index in [2.05, 4.69) is 10.3 Å². The Kier molecular flexibility index (Phi) is 5.88. The smallest absolute Gasteiger partial charge is 0.255 e. The molecule has 1 aromatic rings. The number of carbonyl (C=O) groups is 1. The van der Waals surface area contributed by atoms with Gasteiger partial charge in [-0.25, -0.2) is 4.98 Å². The average molecular weight is 272 g/mol. The fourth-order valence-electron chi connectivity index (χ4n) is 1.63. The summed E-state index contributed by atoms with van der Waals surface area (Å²) in [7, 11) is 1.71. The van der Waals surface area contributed by atoms with Gasteiger partial charge in [0.25, 0.3) is 5.91 Å². The van der Waals surface area contributed by atoms with Crippen molar-refractivity contribution >= 4 is 23.3 Å². The Bertz CT molecular complexity index is 406. The highest BCUT2D eigenvalue weighted by Gasteiger charge is 2.16. The number of aliphatic hydroxyl groups excluding tert-OH is 1. The average Bonchev–Trinajstić information content (AvgIpc) is 2.37. The van der Waals surface area contributed by atoms with E-state index in [1.165, 1.54) is 6.20 Å². The Morgan fingerprint density at radius 1 is 1.56 bits per heavy atom. The Morgan fingerprint density at radius 3 is 2.78 bits per heavy atom. The maximum absolute atomic E-state index is 12.2. The molecule has 1 aromatic heterocycles. The van der Waals surface area contributed by atoms with E-state index in [0.29, 0.717) is 29.5 Å². The molecule has 1 rings (SSSR count). The van der Waals surface area contributed by atoms with E-state index in [0.717, 1.165) is 6.42 Å². The number of aliphatic hydroxyl groups is 1. The fourth-order valence-corrected chi connectivity index (χ4v) is 1.89. The Labute approximate surface area is 112 Å². The zero-order chi connectivity index (χ0) is 13.5. The molecule has 0 aliphatic carbocycles. The zero-order valence-corrected chi connectivity index (χ0v) is 11.4. The molecular weight excluding hydrogens is 254 g/mol. The predicted octanol–water partition coefficient (Wildman–Crippen LogP) is 1.62. The number of aromatic nitrogens is 1. The van der Waals surface area contributed by atoms with Gasteiger partial charge in [0.05, 0.1) is 17.2 Å². The summed E-state index contributed by atoms with van der Waals surface area (Å²) in [4.78, 5) is 17.8. The number of rotatable bonds is 6. The lowest BCUT2D eigenvalue weighted by Gasteiger charge is -2.21. The van der Waals surface area contributed by atoms with Crippen molar-refractivity contribution in [3.05, 3.63) is 22.8 Å². The number of carbonyl (C=O) groups excluding carboxylic acids is 1. The summed E-state index contributed by atoms with van der Waals surface area (Å²) >= 11 is 5.99. The van der Waals surface area contributed by atoms with E-state index in [9.17, 15) is 4.79 Å². The highest BCUT2D eigenvalue weighted by molar-refractivity contribution is 6.33. The van der Waals surface area contributed by atoms with Crippen LogP contribution in [0.4, 0.5) is 5.82 Å². The summed E-state index contributed by atoms with van der Waals surface area (Å²) in [6.45, 7) is 2.84. The molecule has 0 saturated heterocycles. The second-order valence-electron chi connectivity index (χ2n) is 3.82. The van der Waals surface area contributed by atoms with Crippen molar-refractivity contribution in [1.29, 1.82) is 0 Å². The fraction of sp³-hybridized carbons (Fsp3) is 0.500. The molecule has 0 atom stereocenters. The topological polar surface area (TPSA) is 65.5 Å². The normalized spacial score (nSPS) is 10.2. The van der Waals surface area contributed by atoms with Crippen LogP contribution in [0.5, 0.6) is 0 Å². The molecular formula is C12H18ClN3O2. The first-order chi connectivity index (χ1) is 8.63. The van der Waals surface area contributed by atoms with Crippen molar-refractivity contribution in [2.24, 2.45) is 0 Å². The first-order valence-electron chi connectivity index (χ1n) is 5.87. The standard InChI is InChI=1S/C12H18ClN3O2/c1-3-4-16(5-6-17)12(18)9-7-10(13)11(14-2)15-8-9/h7-8,17H,3-6H2,1-2H3,(H,14,15). The SMILES string of the molecule is CCCN(CCO)C(=O)c1cnc(NC)c(Cl)c1. The van der Waals surface area contributed by atoms with Gasteiger partial charge in [0.1, 0.15) is 5.82 Å². The van der Waals surface area contributed by atoms with E-state index >= 15 is 0 Å². The monoisotopic (exact) mass is 271 g/mol. The second kappa shape index (κ2) is 7.18. The quantitative estimate of drug-likeness (QED) is 0.825. The third kappa shape index (κ3) is 3.58. The number of amides is 1. The van der Waals surface area contributed by atoms with Gasteiger partial charge >= 0.3 is 0 Å². The van der Waals surface area contributed by atoms with Gasteiger partial charge in [-0.15, -0.1) is 0 Å². The Hall–Kier alpha value is -1.33. The minimum Gasteiger partial charge on any atom is -0.395 e. The van der Waals surface area contributed by atoms with Gasteiger partial charge in [-0.05, 0) is 12.5 Å². The molecule has 6 heteroatoms. The summed E-state index contributed by atoms with van der Waals surface area (Å²) < 4.78 is 0. The number of nitrogens with one attached hydrogen (secondary N) is 1. The zero-order valence-electron chi connectivity index (χ0n) is 10.6. The van der Waals surface area contributed by atoms with Crippen LogP contribution in [0.15, 0.2) is 12.3 Å². The third-order valence-corrected chi connectivity index (χ3v) is 2.76. The maximum atomic E-state index is 12.2. The van der Waals surface area contributed by atoms with Gasteiger partial charge in [-0.1, -0.05) is 18.5 Å². The first-order valence-corrected chi connectivity index (χ1v) is 6.25. The van der Waals surface area contributed by atoms with Crippen LogP contribution in [-0.4, -0.2) is 47.6 Å². The predicted molar refractivity (Wildman–Crippen MR) is 72.1 cm³/mol. The minimum atomic E-state index is -0.164. The third-order valence-electron chi connectivity index (χ3n) is 2.48. The molecule has 100 valence electrons. The van der Waals surface area contributed by atoms with Crippen LogP contribution < -0.4 is 5.32 Å². The van der Waals surface area contributed by atoms with E-state index in [1.807, 2.05) is 6.92 Å². The van der Waals surface area contributed by atoms with Crippen LogP contribution in [0, 0.1) is 0 Å². The van der Waals surface area contributed by atoms with Crippen molar-refractivity contribution in [1.82, 2.24) is 9.88 Å². The molecule has 18 heavy (non-hydrogen) atoms. The number of anilines is 1. The van der Waals surface area contributed by atoms with Crippen molar-refractivity contribution < 1.29 is 9.90 Å². The van der Waals surface area contributed by atoms with Gasteiger partial charge in [0, 0.05) is 26.3 Å². The molecule has 0 aromatic carbocycles. The van der Waals surface area contributed by atoms with Crippen LogP contribution in [0.2, 0.25) is 5.02 Å². The molecule has 5 nitrogen and oxygen atoms in total. The maximum Gasteiger partial charge on any atom is 0.255 e. The lowest BCUT2D eigenvalue weighted by Crippen LogP contribution is -2.34. The van der Waals surface area contributed by atoms with Gasteiger partial charge in [-0.2, -0.15) is 0 Å². The highest BCUT2D eigenvalue weighted by Crippen LogP contribution is 2.20. The van der Waals surface area contributed by atoms with E-state index in [1.54, 1.807) is 18.0 Å². The molecule has 0 spiro atoms. The molecule has 0 aliphatic rings. The number of hydrogen-bond donors (Lipinski definition) is 2. The van der Waals surface area contributed by atoms with E-state index < -0.39 is 0 Å². The van der Waals surface area contributed by atoms with Crippen molar-refractivity contribution in [2.75, 3.05) is 32.1 Å². The second-order valence-corrected chi connectivity index (χ2v) is 4.23. The Balaban J connectivity index is 2.90. The molecule has 1 amide bonds. The minimum absolute atomic E-state index is 0.0541. The molecule has 0 fully saturated rings. The molecule has 0 aliphatic heterocycles. The largest absolute Gasteiger partial charge is 0.395 e. The first kappa shape index (κ1) is 14.7. The summed E-state index contributed by atoms with van der Waals surface area (Å²) in [6, 6.07) is 1.59. The van der Waals surface area contributed by atoms with Gasteiger partial charge < -0.3 is 15.3 Å². The molecule has 1 heterocycles. The van der Waals surface area contributed by atoms with Gasteiger partial charge in [-0.3, -0.25) is 4.79 Å². The van der Waals surface area contributed by atoms with Gasteiger partial charge in [0.2, 0.25) is 0 Å².